The first-order valence-electron chi connectivity index (χ1n) is 8.64. The molecule has 0 aromatic carbocycles. The van der Waals surface area contributed by atoms with Gasteiger partial charge in [0.05, 0.1) is 12.5 Å². The Morgan fingerprint density at radius 2 is 2.04 bits per heavy atom. The molecular formula is C17H27N3O2S. The minimum atomic E-state index is -0.0563. The van der Waals surface area contributed by atoms with Gasteiger partial charge in [0.25, 0.3) is 0 Å². The number of nitrogens with zero attached hydrogens (tertiary/aromatic N) is 3. The molecule has 0 radical (unpaired) electrons. The van der Waals surface area contributed by atoms with Gasteiger partial charge in [0.1, 0.15) is 10.8 Å². The molecule has 1 aromatic heterocycles. The van der Waals surface area contributed by atoms with E-state index in [0.29, 0.717) is 18.2 Å². The summed E-state index contributed by atoms with van der Waals surface area (Å²) in [7, 11) is 0. The van der Waals surface area contributed by atoms with E-state index < -0.39 is 0 Å². The van der Waals surface area contributed by atoms with Gasteiger partial charge in [-0.2, -0.15) is 4.37 Å². The summed E-state index contributed by atoms with van der Waals surface area (Å²) in [6.07, 6.45) is 4.64. The van der Waals surface area contributed by atoms with Crippen LogP contribution in [0.2, 0.25) is 0 Å². The van der Waals surface area contributed by atoms with Crippen LogP contribution in [-0.2, 0) is 21.4 Å². The van der Waals surface area contributed by atoms with Crippen molar-refractivity contribution in [3.05, 3.63) is 10.8 Å². The Hall–Kier alpha value is -0.850. The molecule has 23 heavy (non-hydrogen) atoms. The van der Waals surface area contributed by atoms with Crippen LogP contribution in [-0.4, -0.2) is 51.9 Å². The number of Topliss-reactive ketones (excluding diaryl/α,β-unsaturated/α-hetero) is 1. The van der Waals surface area contributed by atoms with Gasteiger partial charge >= 0.3 is 0 Å². The highest BCUT2D eigenvalue weighted by Gasteiger charge is 2.36. The summed E-state index contributed by atoms with van der Waals surface area (Å²) in [5, 5.41) is 0.860. The van der Waals surface area contributed by atoms with Gasteiger partial charge in [0.2, 0.25) is 0 Å². The first kappa shape index (κ1) is 17.0. The van der Waals surface area contributed by atoms with Crippen molar-refractivity contribution in [2.24, 2.45) is 0 Å². The van der Waals surface area contributed by atoms with Gasteiger partial charge in [-0.05, 0) is 43.8 Å². The Morgan fingerprint density at radius 1 is 1.30 bits per heavy atom. The van der Waals surface area contributed by atoms with Gasteiger partial charge in [0.15, 0.2) is 5.78 Å². The van der Waals surface area contributed by atoms with Gasteiger partial charge in [-0.1, -0.05) is 20.8 Å². The normalized spacial score (nSPS) is 24.2. The number of carbonyl (C=O) groups excluding carboxylic acids is 1. The molecule has 2 saturated heterocycles. The summed E-state index contributed by atoms with van der Waals surface area (Å²) >= 11 is 1.38. The van der Waals surface area contributed by atoms with Crippen molar-refractivity contribution in [3.8, 4) is 0 Å². The molecule has 2 fully saturated rings. The molecule has 6 heteroatoms. The first-order chi connectivity index (χ1) is 10.9. The van der Waals surface area contributed by atoms with Crippen LogP contribution < -0.4 is 0 Å². The van der Waals surface area contributed by atoms with E-state index in [9.17, 15) is 4.79 Å². The lowest BCUT2D eigenvalue weighted by molar-refractivity contribution is -0.124. The monoisotopic (exact) mass is 337 g/mol. The van der Waals surface area contributed by atoms with Crippen LogP contribution in [0.25, 0.3) is 0 Å². The highest BCUT2D eigenvalue weighted by atomic mass is 32.1. The highest BCUT2D eigenvalue weighted by molar-refractivity contribution is 7.05. The molecule has 0 saturated carbocycles. The summed E-state index contributed by atoms with van der Waals surface area (Å²) in [5.74, 6) is 1.16. The number of rotatable bonds is 4. The lowest BCUT2D eigenvalue weighted by Gasteiger charge is -2.34. The number of hydrogen-bond donors (Lipinski definition) is 0. The quantitative estimate of drug-likeness (QED) is 0.845. The Morgan fingerprint density at radius 3 is 2.70 bits per heavy atom. The predicted octanol–water partition coefficient (Wildman–Crippen LogP) is 2.59. The average Bonchev–Trinajstić information content (AvgIpc) is 3.16. The molecule has 0 N–H and O–H groups in total. The van der Waals surface area contributed by atoms with Gasteiger partial charge in [-0.15, -0.1) is 0 Å². The van der Waals surface area contributed by atoms with E-state index in [2.05, 4.69) is 35.0 Å². The molecule has 0 aliphatic carbocycles. The second-order valence-corrected chi connectivity index (χ2v) is 8.48. The molecule has 0 unspecified atom stereocenters. The van der Waals surface area contributed by atoms with Crippen molar-refractivity contribution in [2.45, 2.75) is 70.4 Å². The molecule has 1 atom stereocenters. The lowest BCUT2D eigenvalue weighted by atomic mass is 9.96. The van der Waals surface area contributed by atoms with E-state index in [-0.39, 0.29) is 11.5 Å². The van der Waals surface area contributed by atoms with E-state index >= 15 is 0 Å². The molecule has 1 aromatic rings. The molecule has 3 rings (SSSR count). The number of ether oxygens (including phenoxy) is 1. The van der Waals surface area contributed by atoms with Crippen LogP contribution in [0.3, 0.4) is 0 Å². The fourth-order valence-corrected chi connectivity index (χ4v) is 4.33. The second kappa shape index (κ2) is 6.95. The zero-order chi connectivity index (χ0) is 16.4. The fourth-order valence-electron chi connectivity index (χ4n) is 3.49. The number of aromatic nitrogens is 2. The molecule has 2 aliphatic rings. The Bertz CT molecular complexity index is 546. The van der Waals surface area contributed by atoms with Gasteiger partial charge in [-0.3, -0.25) is 9.69 Å². The first-order valence-corrected chi connectivity index (χ1v) is 9.42. The van der Waals surface area contributed by atoms with Crippen molar-refractivity contribution in [1.29, 1.82) is 0 Å². The van der Waals surface area contributed by atoms with Crippen LogP contribution in [0.15, 0.2) is 0 Å². The molecule has 0 bridgehead atoms. The van der Waals surface area contributed by atoms with Crippen molar-refractivity contribution in [3.63, 3.8) is 0 Å². The summed E-state index contributed by atoms with van der Waals surface area (Å²) < 4.78 is 9.88. The third kappa shape index (κ3) is 3.98. The van der Waals surface area contributed by atoms with Crippen molar-refractivity contribution < 1.29 is 9.53 Å². The van der Waals surface area contributed by atoms with Crippen LogP contribution in [0.4, 0.5) is 0 Å². The largest absolute Gasteiger partial charge is 0.381 e. The summed E-state index contributed by atoms with van der Waals surface area (Å²) in [4.78, 5) is 19.8. The molecule has 0 spiro atoms. The van der Waals surface area contributed by atoms with Crippen LogP contribution in [0, 0.1) is 0 Å². The van der Waals surface area contributed by atoms with Crippen molar-refractivity contribution in [1.82, 2.24) is 14.3 Å². The van der Waals surface area contributed by atoms with Crippen LogP contribution in [0.5, 0.6) is 0 Å². The topological polar surface area (TPSA) is 55.3 Å². The maximum Gasteiger partial charge on any atom is 0.156 e. The van der Waals surface area contributed by atoms with E-state index in [1.165, 1.54) is 11.5 Å². The standard InChI is InChI=1S/C17H27N3O2S/c1-17(2,3)16-18-15(23-19-16)11-14(21)13-5-4-8-20(13)12-6-9-22-10-7-12/h12-13H,4-11H2,1-3H3/t13-/m0/s1. The fraction of sp³-hybridized carbons (Fsp3) is 0.824. The Labute approximate surface area is 142 Å². The Balaban J connectivity index is 1.63. The molecule has 2 aliphatic heterocycles. The summed E-state index contributed by atoms with van der Waals surface area (Å²) in [6.45, 7) is 9.00. The minimum absolute atomic E-state index is 0.0563. The second-order valence-electron chi connectivity index (χ2n) is 7.64. The highest BCUT2D eigenvalue weighted by Crippen LogP contribution is 2.27. The maximum atomic E-state index is 12.8. The third-order valence-corrected chi connectivity index (χ3v) is 5.50. The molecule has 5 nitrogen and oxygen atoms in total. The maximum absolute atomic E-state index is 12.8. The van der Waals surface area contributed by atoms with Crippen molar-refractivity contribution >= 4 is 17.3 Å². The number of hydrogen-bond acceptors (Lipinski definition) is 6. The molecular weight excluding hydrogens is 310 g/mol. The van der Waals surface area contributed by atoms with E-state index in [4.69, 9.17) is 4.74 Å². The number of carbonyl (C=O) groups is 1. The average molecular weight is 337 g/mol. The third-order valence-electron chi connectivity index (χ3n) is 4.79. The van der Waals surface area contributed by atoms with E-state index in [0.717, 1.165) is 56.3 Å². The van der Waals surface area contributed by atoms with Crippen molar-refractivity contribution in [2.75, 3.05) is 19.8 Å². The number of likely N-dealkylation sites (tertiary alicyclic amines) is 1. The van der Waals surface area contributed by atoms with Crippen LogP contribution >= 0.6 is 11.5 Å². The zero-order valence-electron chi connectivity index (χ0n) is 14.4. The molecule has 0 amide bonds. The molecule has 128 valence electrons. The predicted molar refractivity (Wildman–Crippen MR) is 90.9 cm³/mol. The summed E-state index contributed by atoms with van der Waals surface area (Å²) in [6, 6.07) is 0.583. The lowest BCUT2D eigenvalue weighted by Crippen LogP contribution is -2.46. The van der Waals surface area contributed by atoms with E-state index in [1.54, 1.807) is 0 Å². The van der Waals surface area contributed by atoms with Gasteiger partial charge in [-0.25, -0.2) is 4.98 Å². The Kier molecular flexibility index (Phi) is 5.13. The minimum Gasteiger partial charge on any atom is -0.381 e. The van der Waals surface area contributed by atoms with E-state index in [1.807, 2.05) is 0 Å². The van der Waals surface area contributed by atoms with Crippen LogP contribution in [0.1, 0.15) is 57.3 Å². The number of ketones is 1. The van der Waals surface area contributed by atoms with Gasteiger partial charge < -0.3 is 4.74 Å². The zero-order valence-corrected chi connectivity index (χ0v) is 15.2. The smallest absolute Gasteiger partial charge is 0.156 e. The SMILES string of the molecule is CC(C)(C)c1nsc(CC(=O)[C@@H]2CCCN2C2CCOCC2)n1. The summed E-state index contributed by atoms with van der Waals surface area (Å²) in [5.41, 5.74) is -0.0563. The van der Waals surface area contributed by atoms with Gasteiger partial charge in [0, 0.05) is 24.7 Å². The molecule has 3 heterocycles.